The number of aliphatic hydroxyl groups is 2. The van der Waals surface area contributed by atoms with Crippen molar-refractivity contribution in [3.05, 3.63) is 0 Å². The van der Waals surface area contributed by atoms with Crippen LogP contribution in [0.5, 0.6) is 0 Å². The van der Waals surface area contributed by atoms with E-state index in [1.54, 1.807) is 0 Å². The summed E-state index contributed by atoms with van der Waals surface area (Å²) in [5.41, 5.74) is -0.470. The van der Waals surface area contributed by atoms with Gasteiger partial charge in [-0.25, -0.2) is 4.79 Å². The molecule has 1 rings (SSSR count). The van der Waals surface area contributed by atoms with Gasteiger partial charge < -0.3 is 20.3 Å². The third-order valence-corrected chi connectivity index (χ3v) is 3.11. The molecule has 1 aliphatic carbocycles. The van der Waals surface area contributed by atoms with E-state index in [0.717, 1.165) is 25.7 Å². The largest absolute Gasteiger partial charge is 0.444 e. The summed E-state index contributed by atoms with van der Waals surface area (Å²) in [6.45, 7) is 5.52. The van der Waals surface area contributed by atoms with Crippen molar-refractivity contribution in [3.8, 4) is 0 Å². The summed E-state index contributed by atoms with van der Waals surface area (Å²) >= 11 is 0. The average Bonchev–Trinajstić information content (AvgIpc) is 2.17. The van der Waals surface area contributed by atoms with Gasteiger partial charge in [-0.3, -0.25) is 0 Å². The lowest BCUT2D eigenvalue weighted by Crippen LogP contribution is -2.41. The molecule has 0 atom stereocenters. The van der Waals surface area contributed by atoms with Crippen molar-refractivity contribution in [1.29, 1.82) is 0 Å². The van der Waals surface area contributed by atoms with Crippen LogP contribution in [0.15, 0.2) is 0 Å². The van der Waals surface area contributed by atoms with Crippen LogP contribution < -0.4 is 5.32 Å². The highest BCUT2D eigenvalue weighted by Gasteiger charge is 2.25. The summed E-state index contributed by atoms with van der Waals surface area (Å²) in [5, 5.41) is 20.7. The SMILES string of the molecule is CC(C)(C)OC(=O)NC1CCC(CC(O)O)CC1. The Balaban J connectivity index is 2.25. The maximum absolute atomic E-state index is 11.6. The van der Waals surface area contributed by atoms with E-state index in [2.05, 4.69) is 5.32 Å². The molecule has 0 aromatic carbocycles. The van der Waals surface area contributed by atoms with Crippen LogP contribution in [0.1, 0.15) is 52.9 Å². The van der Waals surface area contributed by atoms with Crippen LogP contribution in [0.4, 0.5) is 4.79 Å². The highest BCUT2D eigenvalue weighted by atomic mass is 16.6. The molecule has 1 fully saturated rings. The van der Waals surface area contributed by atoms with Crippen molar-refractivity contribution in [2.45, 2.75) is 70.8 Å². The monoisotopic (exact) mass is 259 g/mol. The summed E-state index contributed by atoms with van der Waals surface area (Å²) in [6.07, 6.45) is 2.42. The number of hydrogen-bond donors (Lipinski definition) is 3. The van der Waals surface area contributed by atoms with Gasteiger partial charge in [0.25, 0.3) is 0 Å². The minimum absolute atomic E-state index is 0.145. The molecule has 1 aliphatic rings. The second-order valence-electron chi connectivity index (χ2n) is 6.08. The van der Waals surface area contributed by atoms with E-state index < -0.39 is 11.9 Å². The first kappa shape index (κ1) is 15.2. The Morgan fingerprint density at radius 1 is 1.28 bits per heavy atom. The number of carbonyl (C=O) groups is 1. The Bertz CT molecular complexity index is 265. The lowest BCUT2D eigenvalue weighted by Gasteiger charge is -2.30. The lowest BCUT2D eigenvalue weighted by atomic mass is 9.84. The van der Waals surface area contributed by atoms with Crippen LogP contribution in [-0.2, 0) is 4.74 Å². The molecule has 0 spiro atoms. The van der Waals surface area contributed by atoms with Gasteiger partial charge in [-0.15, -0.1) is 0 Å². The normalized spacial score (nSPS) is 25.0. The van der Waals surface area contributed by atoms with Crippen LogP contribution in [0, 0.1) is 5.92 Å². The number of carbonyl (C=O) groups excluding carboxylic acids is 1. The zero-order valence-electron chi connectivity index (χ0n) is 11.5. The first-order chi connectivity index (χ1) is 8.26. The second-order valence-corrected chi connectivity index (χ2v) is 6.08. The average molecular weight is 259 g/mol. The van der Waals surface area contributed by atoms with Gasteiger partial charge in [0.2, 0.25) is 0 Å². The number of alkyl carbamates (subject to hydrolysis) is 1. The van der Waals surface area contributed by atoms with Crippen LogP contribution in [0.2, 0.25) is 0 Å². The van der Waals surface area contributed by atoms with Gasteiger partial charge in [0.05, 0.1) is 0 Å². The number of rotatable bonds is 3. The molecule has 18 heavy (non-hydrogen) atoms. The van der Waals surface area contributed by atoms with E-state index in [1.807, 2.05) is 20.8 Å². The molecule has 0 aromatic heterocycles. The number of amides is 1. The number of ether oxygens (including phenoxy) is 1. The molecule has 0 bridgehead atoms. The maximum Gasteiger partial charge on any atom is 0.407 e. The van der Waals surface area contributed by atoms with E-state index in [9.17, 15) is 4.79 Å². The Kier molecular flexibility index (Phi) is 5.41. The van der Waals surface area contributed by atoms with Gasteiger partial charge >= 0.3 is 6.09 Å². The summed E-state index contributed by atoms with van der Waals surface area (Å²) in [4.78, 5) is 11.6. The minimum atomic E-state index is -1.22. The summed E-state index contributed by atoms with van der Waals surface area (Å²) in [7, 11) is 0. The Labute approximate surface area is 109 Å². The number of hydrogen-bond acceptors (Lipinski definition) is 4. The zero-order valence-corrected chi connectivity index (χ0v) is 11.5. The highest BCUT2D eigenvalue weighted by Crippen LogP contribution is 2.27. The van der Waals surface area contributed by atoms with Gasteiger partial charge in [-0.05, 0) is 52.4 Å². The molecule has 3 N–H and O–H groups in total. The zero-order chi connectivity index (χ0) is 13.8. The van der Waals surface area contributed by atoms with E-state index in [1.165, 1.54) is 0 Å². The Hall–Kier alpha value is -0.810. The predicted octanol–water partition coefficient (Wildman–Crippen LogP) is 1.77. The molecule has 0 saturated heterocycles. The first-order valence-corrected chi connectivity index (χ1v) is 6.62. The molecule has 0 unspecified atom stereocenters. The van der Waals surface area contributed by atoms with Crippen molar-refractivity contribution in [1.82, 2.24) is 5.32 Å². The Morgan fingerprint density at radius 2 is 1.83 bits per heavy atom. The maximum atomic E-state index is 11.6. The molecule has 0 heterocycles. The fraction of sp³-hybridized carbons (Fsp3) is 0.923. The van der Waals surface area contributed by atoms with Crippen LogP contribution in [0.25, 0.3) is 0 Å². The summed E-state index contributed by atoms with van der Waals surface area (Å²) < 4.78 is 5.20. The van der Waals surface area contributed by atoms with Gasteiger partial charge in [-0.1, -0.05) is 0 Å². The molecule has 106 valence electrons. The second kappa shape index (κ2) is 6.38. The third-order valence-electron chi connectivity index (χ3n) is 3.11. The van der Waals surface area contributed by atoms with Gasteiger partial charge in [-0.2, -0.15) is 0 Å². The number of nitrogens with one attached hydrogen (secondary N) is 1. The third kappa shape index (κ3) is 6.21. The molecule has 5 nitrogen and oxygen atoms in total. The van der Waals surface area contributed by atoms with Crippen molar-refractivity contribution in [2.75, 3.05) is 0 Å². The molecule has 0 aliphatic heterocycles. The molecule has 5 heteroatoms. The van der Waals surface area contributed by atoms with E-state index in [0.29, 0.717) is 12.3 Å². The highest BCUT2D eigenvalue weighted by molar-refractivity contribution is 5.68. The van der Waals surface area contributed by atoms with Crippen molar-refractivity contribution >= 4 is 6.09 Å². The van der Waals surface area contributed by atoms with Gasteiger partial charge in [0.15, 0.2) is 6.29 Å². The van der Waals surface area contributed by atoms with Crippen LogP contribution in [0.3, 0.4) is 0 Å². The predicted molar refractivity (Wildman–Crippen MR) is 68.0 cm³/mol. The minimum Gasteiger partial charge on any atom is -0.444 e. The first-order valence-electron chi connectivity index (χ1n) is 6.62. The molecule has 0 aromatic rings. The fourth-order valence-electron chi connectivity index (χ4n) is 2.31. The molecular weight excluding hydrogens is 234 g/mol. The van der Waals surface area contributed by atoms with Crippen LogP contribution >= 0.6 is 0 Å². The molecule has 0 radical (unpaired) electrons. The van der Waals surface area contributed by atoms with E-state index >= 15 is 0 Å². The van der Waals surface area contributed by atoms with E-state index in [4.69, 9.17) is 14.9 Å². The number of aliphatic hydroxyl groups excluding tert-OH is 1. The fourth-order valence-corrected chi connectivity index (χ4v) is 2.31. The van der Waals surface area contributed by atoms with Gasteiger partial charge in [0.1, 0.15) is 5.60 Å². The molecule has 1 amide bonds. The van der Waals surface area contributed by atoms with Gasteiger partial charge in [0, 0.05) is 12.5 Å². The molecule has 1 saturated carbocycles. The lowest BCUT2D eigenvalue weighted by molar-refractivity contribution is -0.0595. The quantitative estimate of drug-likeness (QED) is 0.675. The van der Waals surface area contributed by atoms with Crippen LogP contribution in [-0.4, -0.2) is 34.2 Å². The topological polar surface area (TPSA) is 78.8 Å². The summed E-state index contributed by atoms with van der Waals surface area (Å²) in [5.74, 6) is 0.349. The van der Waals surface area contributed by atoms with E-state index in [-0.39, 0.29) is 12.1 Å². The Morgan fingerprint density at radius 3 is 2.28 bits per heavy atom. The standard InChI is InChI=1S/C13H25NO4/c1-13(2,3)18-12(17)14-10-6-4-9(5-7-10)8-11(15)16/h9-11,15-16H,4-8H2,1-3H3,(H,14,17). The molecular formula is C13H25NO4. The summed E-state index contributed by atoms with van der Waals surface area (Å²) in [6, 6.07) is 0.145. The van der Waals surface area contributed by atoms with Crippen molar-refractivity contribution in [3.63, 3.8) is 0 Å². The van der Waals surface area contributed by atoms with Crippen molar-refractivity contribution < 1.29 is 19.7 Å². The smallest absolute Gasteiger partial charge is 0.407 e. The van der Waals surface area contributed by atoms with Crippen molar-refractivity contribution in [2.24, 2.45) is 5.92 Å².